The summed E-state index contributed by atoms with van der Waals surface area (Å²) in [6.07, 6.45) is 9.83. The van der Waals surface area contributed by atoms with Gasteiger partial charge in [0.25, 0.3) is 5.91 Å². The van der Waals surface area contributed by atoms with Gasteiger partial charge < -0.3 is 18.7 Å². The lowest BCUT2D eigenvalue weighted by Crippen LogP contribution is -2.41. The lowest BCUT2D eigenvalue weighted by molar-refractivity contribution is 0.0653. The maximum absolute atomic E-state index is 13.5. The molecule has 1 aliphatic carbocycles. The van der Waals surface area contributed by atoms with Crippen molar-refractivity contribution in [2.24, 2.45) is 0 Å². The summed E-state index contributed by atoms with van der Waals surface area (Å²) in [5.41, 5.74) is 4.30. The van der Waals surface area contributed by atoms with Crippen molar-refractivity contribution < 1.29 is 9.21 Å². The molecule has 0 unspecified atom stereocenters. The van der Waals surface area contributed by atoms with E-state index in [0.717, 1.165) is 47.7 Å². The molecule has 140 valence electrons. The van der Waals surface area contributed by atoms with Crippen LogP contribution in [-0.2, 0) is 6.42 Å². The summed E-state index contributed by atoms with van der Waals surface area (Å²) in [6.45, 7) is 0.567. The van der Waals surface area contributed by atoms with E-state index in [1.54, 1.807) is 6.33 Å². The molecule has 1 fully saturated rings. The number of imidazole rings is 2. The minimum absolute atomic E-state index is 0.143. The van der Waals surface area contributed by atoms with Gasteiger partial charge in [0.15, 0.2) is 6.39 Å². The second-order valence-electron chi connectivity index (χ2n) is 7.39. The Morgan fingerprint density at radius 1 is 1.21 bits per heavy atom. The molecule has 0 spiro atoms. The largest absolute Gasteiger partial charge is 0.438 e. The number of H-pyrrole nitrogens is 1. The van der Waals surface area contributed by atoms with E-state index >= 15 is 0 Å². The summed E-state index contributed by atoms with van der Waals surface area (Å²) in [6, 6.07) is 5.50. The number of oxazole rings is 1. The van der Waals surface area contributed by atoms with Crippen LogP contribution < -0.4 is 0 Å². The summed E-state index contributed by atoms with van der Waals surface area (Å²) in [4.78, 5) is 32.1. The van der Waals surface area contributed by atoms with Crippen LogP contribution >= 0.6 is 0 Å². The number of pyridine rings is 1. The molecule has 1 atom stereocenters. The zero-order chi connectivity index (χ0) is 18.7. The first-order chi connectivity index (χ1) is 13.8. The van der Waals surface area contributed by atoms with Gasteiger partial charge in [-0.15, -0.1) is 0 Å². The van der Waals surface area contributed by atoms with Crippen LogP contribution in [0.25, 0.3) is 5.65 Å². The third-order valence-corrected chi connectivity index (χ3v) is 5.60. The van der Waals surface area contributed by atoms with E-state index in [2.05, 4.69) is 15.0 Å². The quantitative estimate of drug-likeness (QED) is 0.595. The minimum Gasteiger partial charge on any atom is -0.438 e. The van der Waals surface area contributed by atoms with Crippen molar-refractivity contribution in [3.05, 3.63) is 71.8 Å². The molecule has 1 aliphatic heterocycles. The maximum atomic E-state index is 13.5. The number of rotatable bonds is 3. The van der Waals surface area contributed by atoms with E-state index in [9.17, 15) is 4.79 Å². The maximum Gasteiger partial charge on any atom is 0.292 e. The highest BCUT2D eigenvalue weighted by molar-refractivity contribution is 5.93. The molecule has 0 saturated heterocycles. The number of carbonyl (C=O) groups excluding carboxylic acids is 1. The fourth-order valence-electron chi connectivity index (χ4n) is 4.07. The fourth-order valence-corrected chi connectivity index (χ4v) is 4.07. The Balaban J connectivity index is 1.46. The topological polar surface area (TPSA) is 92.3 Å². The SMILES string of the molecule is O=C(c1ocnc1C1CC1)N1CCc2[nH]cnc2[C@@H]1c1cn2ccccc2n1. The van der Waals surface area contributed by atoms with Crippen molar-refractivity contribution in [3.8, 4) is 0 Å². The van der Waals surface area contributed by atoms with Gasteiger partial charge in [-0.3, -0.25) is 4.79 Å². The lowest BCUT2D eigenvalue weighted by atomic mass is 9.99. The first kappa shape index (κ1) is 15.6. The number of nitrogens with one attached hydrogen (secondary N) is 1. The summed E-state index contributed by atoms with van der Waals surface area (Å²) < 4.78 is 7.50. The number of aromatic nitrogens is 5. The zero-order valence-electron chi connectivity index (χ0n) is 15.1. The van der Waals surface area contributed by atoms with Crippen molar-refractivity contribution in [3.63, 3.8) is 0 Å². The molecule has 5 heterocycles. The Labute approximate surface area is 160 Å². The van der Waals surface area contributed by atoms with E-state index in [-0.39, 0.29) is 11.9 Å². The average Bonchev–Trinajstić information content (AvgIpc) is 3.14. The third-order valence-electron chi connectivity index (χ3n) is 5.60. The molecule has 4 aromatic heterocycles. The minimum atomic E-state index is -0.362. The molecule has 28 heavy (non-hydrogen) atoms. The van der Waals surface area contributed by atoms with Gasteiger partial charge in [0.2, 0.25) is 5.76 Å². The van der Waals surface area contributed by atoms with Crippen LogP contribution in [-0.4, -0.2) is 41.7 Å². The van der Waals surface area contributed by atoms with Crippen LogP contribution in [0.2, 0.25) is 0 Å². The van der Waals surface area contributed by atoms with Gasteiger partial charge >= 0.3 is 0 Å². The van der Waals surface area contributed by atoms with Crippen LogP contribution in [0.3, 0.4) is 0 Å². The van der Waals surface area contributed by atoms with Crippen molar-refractivity contribution in [1.82, 2.24) is 29.2 Å². The lowest BCUT2D eigenvalue weighted by Gasteiger charge is -2.33. The van der Waals surface area contributed by atoms with Crippen LogP contribution in [0.5, 0.6) is 0 Å². The Morgan fingerprint density at radius 3 is 3.00 bits per heavy atom. The van der Waals surface area contributed by atoms with Gasteiger partial charge in [0.05, 0.1) is 23.4 Å². The molecular weight excluding hydrogens is 356 g/mol. The molecule has 1 saturated carbocycles. The summed E-state index contributed by atoms with van der Waals surface area (Å²) in [5, 5.41) is 0. The number of nitrogens with zero attached hydrogens (tertiary/aromatic N) is 5. The fraction of sp³-hybridized carbons (Fsp3) is 0.300. The molecule has 4 aromatic rings. The molecule has 0 aromatic carbocycles. The van der Waals surface area contributed by atoms with Crippen molar-refractivity contribution in [2.75, 3.05) is 6.54 Å². The van der Waals surface area contributed by atoms with E-state index in [0.29, 0.717) is 18.2 Å². The second-order valence-corrected chi connectivity index (χ2v) is 7.39. The predicted molar refractivity (Wildman–Crippen MR) is 98.8 cm³/mol. The van der Waals surface area contributed by atoms with E-state index in [4.69, 9.17) is 9.40 Å². The standard InChI is InChI=1S/C20H18N6O2/c27-20(19-16(12-4-5-12)23-11-28-19)26-8-6-13-17(22-10-21-13)18(26)14-9-25-7-2-1-3-15(25)24-14/h1-3,7,9-12,18H,4-6,8H2,(H,21,22)/t18-/m0/s1. The summed E-state index contributed by atoms with van der Waals surface area (Å²) >= 11 is 0. The molecule has 1 N–H and O–H groups in total. The van der Waals surface area contributed by atoms with Crippen LogP contribution in [0.15, 0.2) is 47.7 Å². The molecule has 1 amide bonds. The average molecular weight is 374 g/mol. The van der Waals surface area contributed by atoms with Gasteiger partial charge in [-0.25, -0.2) is 15.0 Å². The number of amides is 1. The zero-order valence-corrected chi connectivity index (χ0v) is 15.1. The van der Waals surface area contributed by atoms with Gasteiger partial charge in [-0.2, -0.15) is 0 Å². The van der Waals surface area contributed by atoms with Gasteiger partial charge in [-0.05, 0) is 25.0 Å². The monoisotopic (exact) mass is 374 g/mol. The second kappa shape index (κ2) is 5.79. The predicted octanol–water partition coefficient (Wildman–Crippen LogP) is 2.71. The van der Waals surface area contributed by atoms with Crippen LogP contribution in [0, 0.1) is 0 Å². The van der Waals surface area contributed by atoms with Crippen LogP contribution in [0.1, 0.15) is 58.1 Å². The molecule has 0 bridgehead atoms. The Kier molecular flexibility index (Phi) is 3.23. The van der Waals surface area contributed by atoms with Crippen LogP contribution in [0.4, 0.5) is 0 Å². The van der Waals surface area contributed by atoms with Gasteiger partial charge in [-0.1, -0.05) is 6.07 Å². The van der Waals surface area contributed by atoms with E-state index < -0.39 is 0 Å². The molecule has 8 nitrogen and oxygen atoms in total. The Morgan fingerprint density at radius 2 is 2.14 bits per heavy atom. The Hall–Kier alpha value is -3.42. The highest BCUT2D eigenvalue weighted by Gasteiger charge is 2.40. The highest BCUT2D eigenvalue weighted by atomic mass is 16.3. The molecule has 6 rings (SSSR count). The van der Waals surface area contributed by atoms with E-state index in [1.807, 2.05) is 39.9 Å². The highest BCUT2D eigenvalue weighted by Crippen LogP contribution is 2.42. The van der Waals surface area contributed by atoms with E-state index in [1.165, 1.54) is 6.39 Å². The Bertz CT molecular complexity index is 1150. The molecular formula is C20H18N6O2. The third kappa shape index (κ3) is 2.30. The first-order valence-corrected chi connectivity index (χ1v) is 9.49. The van der Waals surface area contributed by atoms with Crippen molar-refractivity contribution in [2.45, 2.75) is 31.2 Å². The summed E-state index contributed by atoms with van der Waals surface area (Å²) in [5.74, 6) is 0.558. The first-order valence-electron chi connectivity index (χ1n) is 9.49. The number of carbonyl (C=O) groups is 1. The normalized spacial score (nSPS) is 19.1. The van der Waals surface area contributed by atoms with Crippen molar-refractivity contribution >= 4 is 11.6 Å². The van der Waals surface area contributed by atoms with Crippen molar-refractivity contribution in [1.29, 1.82) is 0 Å². The molecule has 8 heteroatoms. The number of fused-ring (bicyclic) bond motifs is 2. The number of hydrogen-bond donors (Lipinski definition) is 1. The molecule has 2 aliphatic rings. The van der Waals surface area contributed by atoms with Gasteiger partial charge in [0, 0.05) is 37.0 Å². The molecule has 0 radical (unpaired) electrons. The number of aromatic amines is 1. The smallest absolute Gasteiger partial charge is 0.292 e. The van der Waals surface area contributed by atoms with Gasteiger partial charge in [0.1, 0.15) is 11.7 Å². The number of hydrogen-bond acceptors (Lipinski definition) is 5. The summed E-state index contributed by atoms with van der Waals surface area (Å²) in [7, 11) is 0.